The van der Waals surface area contributed by atoms with Crippen molar-refractivity contribution in [2.75, 3.05) is 5.32 Å². The molecule has 4 rings (SSSR count). The van der Waals surface area contributed by atoms with Crippen LogP contribution in [0.3, 0.4) is 0 Å². The number of aliphatic imine (C=N–C) groups is 1. The molecule has 2 nitrogen and oxygen atoms in total. The zero-order valence-electron chi connectivity index (χ0n) is 11.1. The highest BCUT2D eigenvalue weighted by atomic mass is 32.1. The first-order valence-corrected chi connectivity index (χ1v) is 7.51. The quantitative estimate of drug-likeness (QED) is 0.682. The van der Waals surface area contributed by atoms with E-state index >= 15 is 0 Å². The number of hydrogen-bond acceptors (Lipinski definition) is 3. The molecule has 0 fully saturated rings. The van der Waals surface area contributed by atoms with Crippen LogP contribution in [0.15, 0.2) is 53.5 Å². The fraction of sp³-hybridized carbons (Fsp3) is 0.118. The molecule has 20 heavy (non-hydrogen) atoms. The molecule has 1 unspecified atom stereocenters. The minimum atomic E-state index is 0.101. The van der Waals surface area contributed by atoms with E-state index in [0.717, 1.165) is 5.69 Å². The Balaban J connectivity index is 1.98. The van der Waals surface area contributed by atoms with Gasteiger partial charge in [-0.25, -0.2) is 0 Å². The lowest BCUT2D eigenvalue weighted by Crippen LogP contribution is -2.11. The molecule has 0 amide bonds. The zero-order chi connectivity index (χ0) is 13.5. The molecule has 1 atom stereocenters. The second-order valence-electron chi connectivity index (χ2n) is 4.98. The van der Waals surface area contributed by atoms with Crippen molar-refractivity contribution in [3.05, 3.63) is 64.5 Å². The van der Waals surface area contributed by atoms with E-state index in [1.54, 1.807) is 0 Å². The van der Waals surface area contributed by atoms with Crippen molar-refractivity contribution >= 4 is 33.4 Å². The standard InChI is InChI=1S/C17H14N2S/c1-11-16(13-7-3-5-9-15(13)20-11)17-12-6-2-4-8-14(12)18-10-19-17/h2-10,17H,1H3,(H,18,19). The van der Waals surface area contributed by atoms with Gasteiger partial charge < -0.3 is 5.32 Å². The predicted molar refractivity (Wildman–Crippen MR) is 87.0 cm³/mol. The Labute approximate surface area is 121 Å². The smallest absolute Gasteiger partial charge is 0.105 e. The summed E-state index contributed by atoms with van der Waals surface area (Å²) in [6, 6.07) is 17.1. The van der Waals surface area contributed by atoms with Crippen LogP contribution in [0.2, 0.25) is 0 Å². The van der Waals surface area contributed by atoms with Crippen LogP contribution in [0.5, 0.6) is 0 Å². The summed E-state index contributed by atoms with van der Waals surface area (Å²) in [5, 5.41) is 4.56. The molecule has 0 saturated heterocycles. The van der Waals surface area contributed by atoms with E-state index < -0.39 is 0 Å². The van der Waals surface area contributed by atoms with Gasteiger partial charge in [0.05, 0.1) is 6.34 Å². The van der Waals surface area contributed by atoms with Crippen molar-refractivity contribution < 1.29 is 0 Å². The molecule has 3 heteroatoms. The highest BCUT2D eigenvalue weighted by Gasteiger charge is 2.23. The number of fused-ring (bicyclic) bond motifs is 2. The average Bonchev–Trinajstić information content (AvgIpc) is 2.82. The van der Waals surface area contributed by atoms with Gasteiger partial charge in [0.1, 0.15) is 6.04 Å². The summed E-state index contributed by atoms with van der Waals surface area (Å²) >= 11 is 1.85. The molecule has 2 aromatic carbocycles. The van der Waals surface area contributed by atoms with Crippen LogP contribution in [0.1, 0.15) is 22.0 Å². The highest BCUT2D eigenvalue weighted by molar-refractivity contribution is 7.19. The zero-order valence-corrected chi connectivity index (χ0v) is 11.9. The summed E-state index contributed by atoms with van der Waals surface area (Å²) in [5.41, 5.74) is 3.75. The van der Waals surface area contributed by atoms with Crippen LogP contribution in [-0.2, 0) is 0 Å². The van der Waals surface area contributed by atoms with Crippen LogP contribution in [-0.4, -0.2) is 6.34 Å². The molecular weight excluding hydrogens is 264 g/mol. The number of benzene rings is 2. The Morgan fingerprint density at radius 3 is 2.80 bits per heavy atom. The maximum atomic E-state index is 4.69. The van der Waals surface area contributed by atoms with E-state index in [1.807, 2.05) is 17.7 Å². The van der Waals surface area contributed by atoms with Crippen LogP contribution >= 0.6 is 11.3 Å². The molecule has 3 aromatic rings. The van der Waals surface area contributed by atoms with Gasteiger partial charge in [-0.1, -0.05) is 36.4 Å². The number of anilines is 1. The van der Waals surface area contributed by atoms with Gasteiger partial charge >= 0.3 is 0 Å². The number of rotatable bonds is 1. The number of para-hydroxylation sites is 1. The molecule has 1 aliphatic heterocycles. The Hall–Kier alpha value is -2.13. The summed E-state index contributed by atoms with van der Waals surface area (Å²) in [4.78, 5) is 6.05. The number of nitrogens with one attached hydrogen (secondary N) is 1. The first kappa shape index (κ1) is 11.7. The first-order valence-electron chi connectivity index (χ1n) is 6.70. The number of aryl methyl sites for hydroxylation is 1. The fourth-order valence-corrected chi connectivity index (χ4v) is 3.98. The van der Waals surface area contributed by atoms with Gasteiger partial charge in [-0.3, -0.25) is 4.99 Å². The minimum absolute atomic E-state index is 0.101. The van der Waals surface area contributed by atoms with E-state index in [4.69, 9.17) is 4.99 Å². The topological polar surface area (TPSA) is 24.4 Å². The first-order chi connectivity index (χ1) is 9.84. The van der Waals surface area contributed by atoms with E-state index in [-0.39, 0.29) is 6.04 Å². The van der Waals surface area contributed by atoms with E-state index in [0.29, 0.717) is 0 Å². The molecular formula is C17H14N2S. The second-order valence-corrected chi connectivity index (χ2v) is 6.24. The molecule has 98 valence electrons. The van der Waals surface area contributed by atoms with Gasteiger partial charge in [0.15, 0.2) is 0 Å². The Bertz CT molecular complexity index is 817. The SMILES string of the molecule is Cc1sc2ccccc2c1C1N=CNc2ccccc21. The van der Waals surface area contributed by atoms with E-state index in [9.17, 15) is 0 Å². The monoisotopic (exact) mass is 278 g/mol. The summed E-state index contributed by atoms with van der Waals surface area (Å²) in [5.74, 6) is 0. The van der Waals surface area contributed by atoms with Gasteiger partial charge in [-0.2, -0.15) is 0 Å². The highest BCUT2D eigenvalue weighted by Crippen LogP contribution is 2.42. The third kappa shape index (κ3) is 1.67. The largest absolute Gasteiger partial charge is 0.346 e. The maximum Gasteiger partial charge on any atom is 0.105 e. The normalized spacial score (nSPS) is 16.9. The Kier molecular flexibility index (Phi) is 2.60. The van der Waals surface area contributed by atoms with E-state index in [2.05, 4.69) is 60.8 Å². The fourth-order valence-electron chi connectivity index (χ4n) is 2.89. The number of hydrogen-bond donors (Lipinski definition) is 1. The van der Waals surface area contributed by atoms with Crippen LogP contribution in [0.25, 0.3) is 10.1 Å². The molecule has 0 spiro atoms. The predicted octanol–water partition coefficient (Wildman–Crippen LogP) is 4.75. The molecule has 0 radical (unpaired) electrons. The number of nitrogens with zero attached hydrogens (tertiary/aromatic N) is 1. The van der Waals surface area contributed by atoms with E-state index in [1.165, 1.54) is 26.1 Å². The number of thiophene rings is 1. The lowest BCUT2D eigenvalue weighted by molar-refractivity contribution is 0.876. The summed E-state index contributed by atoms with van der Waals surface area (Å²) < 4.78 is 1.34. The van der Waals surface area contributed by atoms with Crippen LogP contribution in [0, 0.1) is 6.92 Å². The van der Waals surface area contributed by atoms with Gasteiger partial charge in [-0.15, -0.1) is 11.3 Å². The molecule has 1 aromatic heterocycles. The molecule has 1 N–H and O–H groups in total. The van der Waals surface area contributed by atoms with Crippen molar-refractivity contribution in [2.45, 2.75) is 13.0 Å². The molecule has 0 aliphatic carbocycles. The van der Waals surface area contributed by atoms with Crippen LogP contribution in [0.4, 0.5) is 5.69 Å². The Morgan fingerprint density at radius 1 is 1.05 bits per heavy atom. The summed E-state index contributed by atoms with van der Waals surface area (Å²) in [7, 11) is 0. The molecule has 0 saturated carbocycles. The lowest BCUT2D eigenvalue weighted by Gasteiger charge is -2.21. The van der Waals surface area contributed by atoms with Crippen molar-refractivity contribution in [2.24, 2.45) is 4.99 Å². The summed E-state index contributed by atoms with van der Waals surface area (Å²) in [6.45, 7) is 2.19. The van der Waals surface area contributed by atoms with Crippen molar-refractivity contribution in [3.8, 4) is 0 Å². The molecule has 0 bridgehead atoms. The summed E-state index contributed by atoms with van der Waals surface area (Å²) in [6.07, 6.45) is 1.82. The Morgan fingerprint density at radius 2 is 1.85 bits per heavy atom. The van der Waals surface area contributed by atoms with Gasteiger partial charge in [0, 0.05) is 26.4 Å². The van der Waals surface area contributed by atoms with Crippen molar-refractivity contribution in [1.29, 1.82) is 0 Å². The van der Waals surface area contributed by atoms with Gasteiger partial charge in [0.25, 0.3) is 0 Å². The molecule has 1 aliphatic rings. The lowest BCUT2D eigenvalue weighted by atomic mass is 9.94. The maximum absolute atomic E-state index is 4.69. The minimum Gasteiger partial charge on any atom is -0.346 e. The van der Waals surface area contributed by atoms with Crippen molar-refractivity contribution in [3.63, 3.8) is 0 Å². The molecule has 2 heterocycles. The third-order valence-electron chi connectivity index (χ3n) is 3.79. The van der Waals surface area contributed by atoms with Gasteiger partial charge in [0.2, 0.25) is 0 Å². The van der Waals surface area contributed by atoms with Crippen molar-refractivity contribution in [1.82, 2.24) is 0 Å². The second kappa shape index (κ2) is 4.46. The van der Waals surface area contributed by atoms with Crippen LogP contribution < -0.4 is 5.32 Å². The van der Waals surface area contributed by atoms with Gasteiger partial charge in [-0.05, 0) is 24.4 Å². The third-order valence-corrected chi connectivity index (χ3v) is 4.89. The average molecular weight is 278 g/mol.